The summed E-state index contributed by atoms with van der Waals surface area (Å²) in [4.78, 5) is 0. The molecule has 0 spiro atoms. The Hall–Kier alpha value is 0. The van der Waals surface area contributed by atoms with Gasteiger partial charge >= 0.3 is 0 Å². The molecule has 0 aliphatic heterocycles. The highest BCUT2D eigenvalue weighted by atomic mass is 14.1. The van der Waals surface area contributed by atoms with Crippen LogP contribution in [0.1, 0.15) is 80.1 Å². The molecule has 0 radical (unpaired) electrons. The molecular weight excluding hydrogens is 168 g/mol. The summed E-state index contributed by atoms with van der Waals surface area (Å²) < 4.78 is 0. The summed E-state index contributed by atoms with van der Waals surface area (Å²) in [5, 5.41) is 0. The van der Waals surface area contributed by atoms with Crippen molar-refractivity contribution in [3.05, 3.63) is 0 Å². The standard InChI is InChI=1S/C6H12.C5H10.C2H6.CH4/c1-6-4-2-3-5-6;1-5-3-2-4-5;1-2;/h6H,2-5H2,1H3;5H,2-4H2,1H3;1-2H3;1H4. The molecule has 14 heavy (non-hydrogen) atoms. The third-order valence-electron chi connectivity index (χ3n) is 3.04. The van der Waals surface area contributed by atoms with Crippen LogP contribution in [0.4, 0.5) is 0 Å². The van der Waals surface area contributed by atoms with Crippen LogP contribution in [0.15, 0.2) is 0 Å². The zero-order valence-electron chi connectivity index (χ0n) is 10.1. The molecule has 0 aromatic heterocycles. The molecule has 0 amide bonds. The Morgan fingerprint density at radius 2 is 0.929 bits per heavy atom. The number of hydrogen-bond acceptors (Lipinski definition) is 0. The van der Waals surface area contributed by atoms with Gasteiger partial charge in [-0.25, -0.2) is 0 Å². The van der Waals surface area contributed by atoms with Crippen LogP contribution in [0.25, 0.3) is 0 Å². The number of hydrogen-bond donors (Lipinski definition) is 0. The summed E-state index contributed by atoms with van der Waals surface area (Å²) in [5.41, 5.74) is 0. The Morgan fingerprint density at radius 3 is 1.00 bits per heavy atom. The van der Waals surface area contributed by atoms with E-state index in [2.05, 4.69) is 13.8 Å². The molecule has 88 valence electrons. The average molecular weight is 200 g/mol. The van der Waals surface area contributed by atoms with Gasteiger partial charge in [0.1, 0.15) is 0 Å². The van der Waals surface area contributed by atoms with Gasteiger partial charge in [0.15, 0.2) is 0 Å². The van der Waals surface area contributed by atoms with E-state index < -0.39 is 0 Å². The minimum absolute atomic E-state index is 0. The lowest BCUT2D eigenvalue weighted by atomic mass is 9.88. The normalized spacial score (nSPS) is 20.6. The van der Waals surface area contributed by atoms with Gasteiger partial charge in [0, 0.05) is 0 Å². The monoisotopic (exact) mass is 200 g/mol. The van der Waals surface area contributed by atoms with Crippen LogP contribution in [0.2, 0.25) is 0 Å². The van der Waals surface area contributed by atoms with Crippen molar-refractivity contribution in [2.45, 2.75) is 80.1 Å². The Kier molecular flexibility index (Phi) is 13.0. The van der Waals surface area contributed by atoms with Crippen molar-refractivity contribution < 1.29 is 0 Å². The van der Waals surface area contributed by atoms with Gasteiger partial charge in [-0.05, 0) is 11.8 Å². The van der Waals surface area contributed by atoms with E-state index in [-0.39, 0.29) is 7.43 Å². The summed E-state index contributed by atoms with van der Waals surface area (Å²) in [5.74, 6) is 2.11. The predicted molar refractivity (Wildman–Crippen MR) is 68.7 cm³/mol. The average Bonchev–Trinajstić information content (AvgIpc) is 2.57. The first-order valence-corrected chi connectivity index (χ1v) is 6.29. The molecule has 0 nitrogen and oxygen atoms in total. The summed E-state index contributed by atoms with van der Waals surface area (Å²) in [6.07, 6.45) is 10.4. The second-order valence-corrected chi connectivity index (χ2v) is 4.43. The van der Waals surface area contributed by atoms with Gasteiger partial charge in [0.25, 0.3) is 0 Å². The van der Waals surface area contributed by atoms with E-state index in [1.807, 2.05) is 13.8 Å². The van der Waals surface area contributed by atoms with Crippen molar-refractivity contribution in [1.82, 2.24) is 0 Å². The van der Waals surface area contributed by atoms with Gasteiger partial charge in [-0.3, -0.25) is 0 Å². The summed E-state index contributed by atoms with van der Waals surface area (Å²) in [6.45, 7) is 8.65. The van der Waals surface area contributed by atoms with Crippen LogP contribution in [-0.4, -0.2) is 0 Å². The van der Waals surface area contributed by atoms with E-state index in [1.54, 1.807) is 0 Å². The van der Waals surface area contributed by atoms with Gasteiger partial charge in [-0.1, -0.05) is 80.1 Å². The SMILES string of the molecule is C.CC.CC1CCC1.CC1CCCC1. The lowest BCUT2D eigenvalue weighted by Gasteiger charge is -2.18. The Labute approximate surface area is 92.5 Å². The quantitative estimate of drug-likeness (QED) is 0.473. The van der Waals surface area contributed by atoms with E-state index in [9.17, 15) is 0 Å². The summed E-state index contributed by atoms with van der Waals surface area (Å²) >= 11 is 0. The molecule has 2 fully saturated rings. The highest BCUT2D eigenvalue weighted by molar-refractivity contribution is 4.62. The minimum atomic E-state index is 0. The van der Waals surface area contributed by atoms with Crippen molar-refractivity contribution >= 4 is 0 Å². The fraction of sp³-hybridized carbons (Fsp3) is 1.00. The highest BCUT2D eigenvalue weighted by Gasteiger charge is 2.09. The highest BCUT2D eigenvalue weighted by Crippen LogP contribution is 2.24. The molecule has 2 saturated carbocycles. The van der Waals surface area contributed by atoms with Crippen molar-refractivity contribution in [2.75, 3.05) is 0 Å². The molecule has 0 N–H and O–H groups in total. The smallest absolute Gasteiger partial charge is 0.0443 e. The first kappa shape index (κ1) is 16.4. The van der Waals surface area contributed by atoms with Crippen LogP contribution in [0.5, 0.6) is 0 Å². The Bertz CT molecular complexity index is 86.2. The molecule has 2 aliphatic carbocycles. The van der Waals surface area contributed by atoms with Crippen molar-refractivity contribution in [3.8, 4) is 0 Å². The van der Waals surface area contributed by atoms with E-state index >= 15 is 0 Å². The Balaban J connectivity index is 0. The van der Waals surface area contributed by atoms with Gasteiger partial charge in [0.2, 0.25) is 0 Å². The molecule has 0 heteroatoms. The van der Waals surface area contributed by atoms with Crippen LogP contribution >= 0.6 is 0 Å². The first-order valence-electron chi connectivity index (χ1n) is 6.29. The molecule has 0 aromatic carbocycles. The zero-order valence-corrected chi connectivity index (χ0v) is 10.1. The fourth-order valence-electron chi connectivity index (χ4n) is 1.74. The van der Waals surface area contributed by atoms with Gasteiger partial charge < -0.3 is 0 Å². The lowest BCUT2D eigenvalue weighted by molar-refractivity contribution is 0.346. The summed E-state index contributed by atoms with van der Waals surface area (Å²) in [6, 6.07) is 0. The first-order chi connectivity index (χ1) is 6.29. The molecule has 2 rings (SSSR count). The fourth-order valence-corrected chi connectivity index (χ4v) is 1.74. The van der Waals surface area contributed by atoms with Crippen molar-refractivity contribution in [2.24, 2.45) is 11.8 Å². The van der Waals surface area contributed by atoms with Crippen molar-refractivity contribution in [1.29, 1.82) is 0 Å². The maximum atomic E-state index is 2.34. The second kappa shape index (κ2) is 11.1. The molecule has 0 saturated heterocycles. The van der Waals surface area contributed by atoms with Crippen LogP contribution in [-0.2, 0) is 0 Å². The maximum Gasteiger partial charge on any atom is -0.0443 e. The van der Waals surface area contributed by atoms with Crippen LogP contribution < -0.4 is 0 Å². The zero-order chi connectivity index (χ0) is 10.1. The third-order valence-corrected chi connectivity index (χ3v) is 3.04. The van der Waals surface area contributed by atoms with Gasteiger partial charge in [0.05, 0.1) is 0 Å². The molecular formula is C14H32. The topological polar surface area (TPSA) is 0 Å². The summed E-state index contributed by atoms with van der Waals surface area (Å²) in [7, 11) is 0. The maximum absolute atomic E-state index is 2.34. The van der Waals surface area contributed by atoms with Gasteiger partial charge in [-0.2, -0.15) is 0 Å². The Morgan fingerprint density at radius 1 is 0.643 bits per heavy atom. The molecule has 0 atom stereocenters. The van der Waals surface area contributed by atoms with Crippen LogP contribution in [0, 0.1) is 11.8 Å². The van der Waals surface area contributed by atoms with E-state index in [0.717, 1.165) is 11.8 Å². The molecule has 0 unspecified atom stereocenters. The van der Waals surface area contributed by atoms with Crippen LogP contribution in [0.3, 0.4) is 0 Å². The van der Waals surface area contributed by atoms with Crippen molar-refractivity contribution in [3.63, 3.8) is 0 Å². The molecule has 2 aliphatic rings. The van der Waals surface area contributed by atoms with E-state index in [1.165, 1.54) is 44.9 Å². The molecule has 0 bridgehead atoms. The predicted octanol–water partition coefficient (Wildman–Crippen LogP) is 5.67. The van der Waals surface area contributed by atoms with E-state index in [4.69, 9.17) is 0 Å². The lowest BCUT2D eigenvalue weighted by Crippen LogP contribution is -2.04. The molecule has 0 heterocycles. The van der Waals surface area contributed by atoms with E-state index in [0.29, 0.717) is 0 Å². The second-order valence-electron chi connectivity index (χ2n) is 4.43. The largest absolute Gasteiger partial charge is 0.0776 e. The molecule has 0 aromatic rings. The van der Waals surface area contributed by atoms with Gasteiger partial charge in [-0.15, -0.1) is 0 Å². The number of rotatable bonds is 0. The third kappa shape index (κ3) is 8.59. The minimum Gasteiger partial charge on any atom is -0.0776 e.